The summed E-state index contributed by atoms with van der Waals surface area (Å²) in [6.45, 7) is -0.224. The molecular formula is C35H26Cl3F5N4O4. The van der Waals surface area contributed by atoms with Crippen molar-refractivity contribution in [3.63, 3.8) is 0 Å². The Morgan fingerprint density at radius 1 is 0.706 bits per heavy atom. The van der Waals surface area contributed by atoms with E-state index in [1.54, 1.807) is 18.2 Å². The highest BCUT2D eigenvalue weighted by Gasteiger charge is 2.48. The van der Waals surface area contributed by atoms with E-state index in [1.165, 1.54) is 36.7 Å². The van der Waals surface area contributed by atoms with Crippen LogP contribution in [0.5, 0.6) is 0 Å². The topological polar surface area (TPSA) is 118 Å². The maximum absolute atomic E-state index is 15.4. The number of halogens is 8. The Bertz CT molecular complexity index is 2030. The summed E-state index contributed by atoms with van der Waals surface area (Å²) in [5.41, 5.74) is -5.04. The van der Waals surface area contributed by atoms with E-state index in [0.717, 1.165) is 18.2 Å². The molecule has 266 valence electrons. The van der Waals surface area contributed by atoms with Gasteiger partial charge >= 0.3 is 6.18 Å². The predicted octanol–water partition coefficient (Wildman–Crippen LogP) is 8.06. The van der Waals surface area contributed by atoms with Gasteiger partial charge in [0.1, 0.15) is 11.4 Å². The quantitative estimate of drug-likeness (QED) is 0.192. The lowest BCUT2D eigenvalue weighted by Gasteiger charge is -2.29. The molecule has 2 heterocycles. The number of aromatic nitrogens is 2. The molecule has 0 spiro atoms. The van der Waals surface area contributed by atoms with Crippen LogP contribution in [-0.2, 0) is 40.2 Å². The Morgan fingerprint density at radius 3 is 1.71 bits per heavy atom. The molecule has 2 aromatic heterocycles. The first-order valence-electron chi connectivity index (χ1n) is 15.3. The molecule has 2 aromatic carbocycles. The number of ketones is 2. The maximum Gasteiger partial charge on any atom is 0.416 e. The summed E-state index contributed by atoms with van der Waals surface area (Å²) in [7, 11) is 0. The van der Waals surface area contributed by atoms with E-state index in [2.05, 4.69) is 20.6 Å². The molecule has 2 N–H and O–H groups in total. The molecule has 0 saturated carbocycles. The minimum atomic E-state index is -4.54. The average Bonchev–Trinajstić information content (AvgIpc) is 3.11. The number of alkyl halides is 5. The van der Waals surface area contributed by atoms with Gasteiger partial charge in [0.2, 0.25) is 11.3 Å². The molecule has 8 nitrogen and oxygen atoms in total. The van der Waals surface area contributed by atoms with E-state index in [4.69, 9.17) is 34.8 Å². The standard InChI is InChI=1S/C18H13ClF4N2O2.C17H13Cl2FN2O2/c19-13-8-11(18(21,22)23)4-3-10(13)9-25-16(27)17(20)6-5-14(26)15-12(17)2-1-7-24-15;18-12-5-1-3-10(14(12)19)9-22-16(24)17(20)7-6-13(23)15-11(17)4-2-8-21-15/h1-4,7-8H,5-6,9H2,(H,25,27);1-5,8H,6-7,9H2,(H,22,24)/t2*17-/m00/s1. The Balaban J connectivity index is 0.000000199. The Hall–Kier alpha value is -4.46. The fraction of sp³-hybridized carbons (Fsp3) is 0.257. The van der Waals surface area contributed by atoms with Crippen molar-refractivity contribution in [1.82, 2.24) is 20.6 Å². The Morgan fingerprint density at radius 2 is 1.22 bits per heavy atom. The van der Waals surface area contributed by atoms with Gasteiger partial charge in [-0.05, 0) is 41.5 Å². The van der Waals surface area contributed by atoms with Gasteiger partial charge < -0.3 is 10.6 Å². The van der Waals surface area contributed by atoms with Crippen LogP contribution < -0.4 is 10.6 Å². The van der Waals surface area contributed by atoms with Crippen molar-refractivity contribution in [2.45, 2.75) is 56.3 Å². The van der Waals surface area contributed by atoms with E-state index >= 15 is 8.78 Å². The number of Topliss-reactive ketones (excluding diaryl/α,β-unsaturated/α-hetero) is 2. The van der Waals surface area contributed by atoms with Crippen LogP contribution in [-0.4, -0.2) is 33.3 Å². The van der Waals surface area contributed by atoms with Gasteiger partial charge in [-0.15, -0.1) is 0 Å². The number of amides is 2. The van der Waals surface area contributed by atoms with E-state index in [0.29, 0.717) is 15.6 Å². The number of fused-ring (bicyclic) bond motifs is 2. The van der Waals surface area contributed by atoms with Crippen LogP contribution in [0.4, 0.5) is 22.0 Å². The molecule has 4 aromatic rings. The number of nitrogens with zero attached hydrogens (tertiary/aromatic N) is 2. The van der Waals surface area contributed by atoms with Gasteiger partial charge in [0.25, 0.3) is 11.8 Å². The largest absolute Gasteiger partial charge is 0.416 e. The molecule has 51 heavy (non-hydrogen) atoms. The summed E-state index contributed by atoms with van der Waals surface area (Å²) in [5.74, 6) is -2.43. The highest BCUT2D eigenvalue weighted by atomic mass is 35.5. The van der Waals surface area contributed by atoms with Gasteiger partial charge in [-0.3, -0.25) is 29.1 Å². The van der Waals surface area contributed by atoms with E-state index in [-0.39, 0.29) is 83.4 Å². The number of carbonyl (C=O) groups is 4. The number of rotatable bonds is 6. The maximum atomic E-state index is 15.4. The highest BCUT2D eigenvalue weighted by molar-refractivity contribution is 6.42. The Kier molecular flexibility index (Phi) is 11.1. The minimum absolute atomic E-state index is 0.0101. The predicted molar refractivity (Wildman–Crippen MR) is 178 cm³/mol. The van der Waals surface area contributed by atoms with Crippen molar-refractivity contribution >= 4 is 58.2 Å². The molecule has 6 rings (SSSR count). The number of carbonyl (C=O) groups excluding carboxylic acids is 4. The average molecular weight is 768 g/mol. The van der Waals surface area contributed by atoms with Crippen LogP contribution in [0.15, 0.2) is 73.1 Å². The molecule has 0 saturated heterocycles. The van der Waals surface area contributed by atoms with Crippen molar-refractivity contribution in [1.29, 1.82) is 0 Å². The molecule has 2 amide bonds. The molecule has 2 aliphatic carbocycles. The van der Waals surface area contributed by atoms with Gasteiger partial charge in [0.15, 0.2) is 11.6 Å². The lowest BCUT2D eigenvalue weighted by Crippen LogP contribution is -2.44. The second-order valence-corrected chi connectivity index (χ2v) is 12.8. The zero-order valence-corrected chi connectivity index (χ0v) is 28.5. The first-order valence-corrected chi connectivity index (χ1v) is 16.4. The summed E-state index contributed by atoms with van der Waals surface area (Å²) in [6.07, 6.45) is -2.58. The first kappa shape index (κ1) is 37.8. The fourth-order valence-electron chi connectivity index (χ4n) is 5.63. The van der Waals surface area contributed by atoms with E-state index < -0.39 is 34.9 Å². The third-order valence-electron chi connectivity index (χ3n) is 8.40. The van der Waals surface area contributed by atoms with Crippen LogP contribution in [0.1, 0.15) is 74.5 Å². The Labute approximate surface area is 302 Å². The molecule has 2 aliphatic rings. The lowest BCUT2D eigenvalue weighted by atomic mass is 9.81. The summed E-state index contributed by atoms with van der Waals surface area (Å²) in [5, 5.41) is 5.36. The monoisotopic (exact) mass is 766 g/mol. The molecular weight excluding hydrogens is 742 g/mol. The number of hydrogen-bond acceptors (Lipinski definition) is 6. The molecule has 0 bridgehead atoms. The van der Waals surface area contributed by atoms with Crippen LogP contribution in [0.2, 0.25) is 15.1 Å². The number of pyridine rings is 2. The fourth-order valence-corrected chi connectivity index (χ4v) is 6.26. The normalized spacial score (nSPS) is 19.6. The number of nitrogens with one attached hydrogen (secondary N) is 2. The number of benzene rings is 2. The summed E-state index contributed by atoms with van der Waals surface area (Å²) in [4.78, 5) is 56.4. The van der Waals surface area contributed by atoms with Crippen LogP contribution in [0.3, 0.4) is 0 Å². The van der Waals surface area contributed by atoms with Gasteiger partial charge in [-0.2, -0.15) is 13.2 Å². The van der Waals surface area contributed by atoms with Crippen LogP contribution >= 0.6 is 34.8 Å². The molecule has 2 atom stereocenters. The zero-order valence-electron chi connectivity index (χ0n) is 26.2. The lowest BCUT2D eigenvalue weighted by molar-refractivity contribution is -0.137. The molecule has 0 aliphatic heterocycles. The van der Waals surface area contributed by atoms with Crippen LogP contribution in [0, 0.1) is 0 Å². The van der Waals surface area contributed by atoms with Gasteiger partial charge in [-0.1, -0.05) is 65.1 Å². The van der Waals surface area contributed by atoms with Crippen LogP contribution in [0.25, 0.3) is 0 Å². The molecule has 0 unspecified atom stereocenters. The van der Waals surface area contributed by atoms with E-state index in [9.17, 15) is 32.3 Å². The second kappa shape index (κ2) is 15.0. The van der Waals surface area contributed by atoms with Crippen molar-refractivity contribution in [2.75, 3.05) is 0 Å². The smallest absolute Gasteiger partial charge is 0.349 e. The summed E-state index contributed by atoms with van der Waals surface area (Å²) < 4.78 is 68.7. The second-order valence-electron chi connectivity index (χ2n) is 11.6. The first-order chi connectivity index (χ1) is 24.1. The number of hydrogen-bond donors (Lipinski definition) is 2. The summed E-state index contributed by atoms with van der Waals surface area (Å²) in [6, 6.07) is 13.4. The van der Waals surface area contributed by atoms with Gasteiger partial charge in [0.05, 0.1) is 15.6 Å². The van der Waals surface area contributed by atoms with Crippen molar-refractivity contribution in [2.24, 2.45) is 0 Å². The van der Waals surface area contributed by atoms with Crippen molar-refractivity contribution in [3.05, 3.63) is 127 Å². The van der Waals surface area contributed by atoms with Gasteiger partial charge in [0, 0.05) is 67.3 Å². The molecule has 16 heteroatoms. The summed E-state index contributed by atoms with van der Waals surface area (Å²) >= 11 is 17.8. The van der Waals surface area contributed by atoms with Crippen molar-refractivity contribution < 1.29 is 41.1 Å². The third-order valence-corrected chi connectivity index (χ3v) is 9.61. The zero-order chi connectivity index (χ0) is 37.1. The third kappa shape index (κ3) is 7.90. The molecule has 0 fully saturated rings. The van der Waals surface area contributed by atoms with E-state index in [1.807, 2.05) is 0 Å². The molecule has 0 radical (unpaired) electrons. The minimum Gasteiger partial charge on any atom is -0.349 e. The van der Waals surface area contributed by atoms with Crippen molar-refractivity contribution in [3.8, 4) is 0 Å². The van der Waals surface area contributed by atoms with Gasteiger partial charge in [-0.25, -0.2) is 8.78 Å². The SMILES string of the molecule is O=C1CC[C@@](F)(C(=O)NCc2ccc(C(F)(F)F)cc2Cl)c2cccnc21.O=C1CC[C@@](F)(C(=O)NCc2cccc(Cl)c2Cl)c2cccnc21. The highest BCUT2D eigenvalue weighted by Crippen LogP contribution is 2.40.